The molecule has 0 amide bonds. The van der Waals surface area contributed by atoms with Gasteiger partial charge in [-0.2, -0.15) is 0 Å². The predicted molar refractivity (Wildman–Crippen MR) is 42.7 cm³/mol. The maximum atomic E-state index is 11.2. The molecule has 0 N–H and O–H groups in total. The van der Waals surface area contributed by atoms with Gasteiger partial charge >= 0.3 is 5.97 Å². The van der Waals surface area contributed by atoms with E-state index >= 15 is 0 Å². The molecule has 1 atom stereocenters. The van der Waals surface area contributed by atoms with E-state index in [0.29, 0.717) is 6.29 Å². The van der Waals surface area contributed by atoms with Crippen LogP contribution in [-0.4, -0.2) is 43.4 Å². The van der Waals surface area contributed by atoms with E-state index < -0.39 is 0 Å². The van der Waals surface area contributed by atoms with E-state index in [1.165, 1.54) is 0 Å². The molecule has 1 rings (SSSR count). The van der Waals surface area contributed by atoms with Crippen molar-refractivity contribution in [2.24, 2.45) is 0 Å². The first-order valence-electron chi connectivity index (χ1n) is 4.06. The summed E-state index contributed by atoms with van der Waals surface area (Å²) in [5, 5.41) is 0. The average Bonchev–Trinajstić information content (AvgIpc) is 2.47. The summed E-state index contributed by atoms with van der Waals surface area (Å²) in [5.41, 5.74) is 0. The quantitative estimate of drug-likeness (QED) is 0.436. The fraction of sp³-hybridized carbons (Fsp3) is 0.750. The van der Waals surface area contributed by atoms with E-state index in [0.717, 1.165) is 19.4 Å². The first kappa shape index (κ1) is 9.19. The number of nitrogens with zero attached hydrogens (tertiary/aromatic N) is 1. The highest BCUT2D eigenvalue weighted by Crippen LogP contribution is 2.15. The molecule has 0 aliphatic carbocycles. The first-order valence-corrected chi connectivity index (χ1v) is 4.06. The number of rotatable bonds is 3. The SMILES string of the molecule is CN1CCC[C@H]1C(=O)OCC=O. The lowest BCUT2D eigenvalue weighted by molar-refractivity contribution is -0.150. The zero-order chi connectivity index (χ0) is 8.97. The Morgan fingerprint density at radius 1 is 1.75 bits per heavy atom. The van der Waals surface area contributed by atoms with E-state index in [9.17, 15) is 9.59 Å². The Bertz CT molecular complexity index is 181. The third-order valence-corrected chi connectivity index (χ3v) is 2.09. The molecule has 1 heterocycles. The van der Waals surface area contributed by atoms with Crippen LogP contribution >= 0.6 is 0 Å². The van der Waals surface area contributed by atoms with Crippen LogP contribution in [0.25, 0.3) is 0 Å². The Morgan fingerprint density at radius 3 is 3.00 bits per heavy atom. The van der Waals surface area contributed by atoms with Gasteiger partial charge in [-0.3, -0.25) is 14.5 Å². The van der Waals surface area contributed by atoms with Gasteiger partial charge < -0.3 is 4.74 Å². The van der Waals surface area contributed by atoms with Crippen molar-refractivity contribution >= 4 is 12.3 Å². The molecule has 4 nitrogen and oxygen atoms in total. The molecule has 0 saturated carbocycles. The molecule has 1 aliphatic heterocycles. The number of hydrogen-bond acceptors (Lipinski definition) is 4. The molecule has 4 heteroatoms. The summed E-state index contributed by atoms with van der Waals surface area (Å²) in [6.45, 7) is 0.810. The van der Waals surface area contributed by atoms with Crippen LogP contribution in [-0.2, 0) is 14.3 Å². The van der Waals surface area contributed by atoms with Crippen LogP contribution in [0.5, 0.6) is 0 Å². The van der Waals surface area contributed by atoms with Gasteiger partial charge in [-0.1, -0.05) is 0 Å². The molecule has 0 aromatic carbocycles. The molecule has 12 heavy (non-hydrogen) atoms. The van der Waals surface area contributed by atoms with E-state index in [2.05, 4.69) is 0 Å². The summed E-state index contributed by atoms with van der Waals surface area (Å²) in [6.07, 6.45) is 2.46. The third kappa shape index (κ3) is 2.04. The lowest BCUT2D eigenvalue weighted by Gasteiger charge is -2.16. The maximum Gasteiger partial charge on any atom is 0.323 e. The normalized spacial score (nSPS) is 23.9. The van der Waals surface area contributed by atoms with Gasteiger partial charge in [-0.05, 0) is 26.4 Å². The summed E-state index contributed by atoms with van der Waals surface area (Å²) in [4.78, 5) is 23.1. The van der Waals surface area contributed by atoms with Crippen LogP contribution in [0.1, 0.15) is 12.8 Å². The summed E-state index contributed by atoms with van der Waals surface area (Å²) < 4.78 is 4.70. The number of carbonyl (C=O) groups excluding carboxylic acids is 2. The molecule has 0 bridgehead atoms. The zero-order valence-corrected chi connectivity index (χ0v) is 7.16. The smallest absolute Gasteiger partial charge is 0.323 e. The van der Waals surface area contributed by atoms with E-state index in [1.807, 2.05) is 11.9 Å². The molecule has 0 aromatic heterocycles. The van der Waals surface area contributed by atoms with Gasteiger partial charge in [0.05, 0.1) is 0 Å². The topological polar surface area (TPSA) is 46.6 Å². The Hall–Kier alpha value is -0.900. The minimum absolute atomic E-state index is 0.122. The van der Waals surface area contributed by atoms with Gasteiger partial charge in [0.15, 0.2) is 6.29 Å². The maximum absolute atomic E-state index is 11.2. The van der Waals surface area contributed by atoms with Crippen LogP contribution < -0.4 is 0 Å². The Balaban J connectivity index is 2.35. The van der Waals surface area contributed by atoms with Gasteiger partial charge in [-0.25, -0.2) is 0 Å². The second-order valence-corrected chi connectivity index (χ2v) is 2.94. The molecule has 0 unspecified atom stereocenters. The van der Waals surface area contributed by atoms with Crippen LogP contribution in [0.4, 0.5) is 0 Å². The van der Waals surface area contributed by atoms with Gasteiger partial charge in [0.2, 0.25) is 0 Å². The summed E-state index contributed by atoms with van der Waals surface area (Å²) in [7, 11) is 1.89. The van der Waals surface area contributed by atoms with Gasteiger partial charge in [0.1, 0.15) is 12.6 Å². The second kappa shape index (κ2) is 4.21. The number of ether oxygens (including phenoxy) is 1. The zero-order valence-electron chi connectivity index (χ0n) is 7.16. The molecule has 1 saturated heterocycles. The fourth-order valence-corrected chi connectivity index (χ4v) is 1.42. The third-order valence-electron chi connectivity index (χ3n) is 2.09. The Labute approximate surface area is 71.5 Å². The van der Waals surface area contributed by atoms with Crippen LogP contribution in [0.3, 0.4) is 0 Å². The van der Waals surface area contributed by atoms with E-state index in [4.69, 9.17) is 4.74 Å². The van der Waals surface area contributed by atoms with Crippen molar-refractivity contribution in [3.63, 3.8) is 0 Å². The standard InChI is InChI=1S/C8H13NO3/c1-9-4-2-3-7(9)8(11)12-6-5-10/h5,7H,2-4,6H2,1H3/t7-/m0/s1. The van der Waals surface area contributed by atoms with Gasteiger partial charge in [-0.15, -0.1) is 0 Å². The second-order valence-electron chi connectivity index (χ2n) is 2.94. The molecular formula is C8H13NO3. The minimum Gasteiger partial charge on any atom is -0.457 e. The highest BCUT2D eigenvalue weighted by atomic mass is 16.5. The van der Waals surface area contributed by atoms with Crippen LogP contribution in [0, 0.1) is 0 Å². The van der Waals surface area contributed by atoms with E-state index in [-0.39, 0.29) is 18.6 Å². The van der Waals surface area contributed by atoms with Crippen LogP contribution in [0.2, 0.25) is 0 Å². The lowest BCUT2D eigenvalue weighted by Crippen LogP contribution is -2.34. The van der Waals surface area contributed by atoms with Crippen molar-refractivity contribution in [1.82, 2.24) is 4.90 Å². The van der Waals surface area contributed by atoms with Crippen molar-refractivity contribution in [1.29, 1.82) is 0 Å². The summed E-state index contributed by atoms with van der Waals surface area (Å²) in [5.74, 6) is -0.276. The summed E-state index contributed by atoms with van der Waals surface area (Å²) in [6, 6.07) is -0.134. The number of likely N-dealkylation sites (N-methyl/N-ethyl adjacent to an activating group) is 1. The average molecular weight is 171 g/mol. The van der Waals surface area contributed by atoms with Crippen molar-refractivity contribution in [2.45, 2.75) is 18.9 Å². The lowest BCUT2D eigenvalue weighted by atomic mass is 10.2. The Kier molecular flexibility index (Phi) is 3.22. The van der Waals surface area contributed by atoms with Gasteiger partial charge in [0, 0.05) is 0 Å². The Morgan fingerprint density at radius 2 is 2.50 bits per heavy atom. The summed E-state index contributed by atoms with van der Waals surface area (Å²) >= 11 is 0. The first-order chi connectivity index (χ1) is 5.75. The largest absolute Gasteiger partial charge is 0.457 e. The predicted octanol–water partition coefficient (Wildman–Crippen LogP) is -0.177. The van der Waals surface area contributed by atoms with Crippen molar-refractivity contribution in [3.8, 4) is 0 Å². The molecule has 0 radical (unpaired) electrons. The molecule has 1 fully saturated rings. The van der Waals surface area contributed by atoms with E-state index in [1.54, 1.807) is 0 Å². The fourth-order valence-electron chi connectivity index (χ4n) is 1.42. The molecule has 0 aromatic rings. The molecule has 68 valence electrons. The van der Waals surface area contributed by atoms with Crippen molar-refractivity contribution < 1.29 is 14.3 Å². The number of carbonyl (C=O) groups is 2. The van der Waals surface area contributed by atoms with Crippen molar-refractivity contribution in [3.05, 3.63) is 0 Å². The number of esters is 1. The van der Waals surface area contributed by atoms with Crippen molar-refractivity contribution in [2.75, 3.05) is 20.2 Å². The van der Waals surface area contributed by atoms with Crippen LogP contribution in [0.15, 0.2) is 0 Å². The highest BCUT2D eigenvalue weighted by molar-refractivity contribution is 5.77. The number of likely N-dealkylation sites (tertiary alicyclic amines) is 1. The molecule has 0 spiro atoms. The number of aldehydes is 1. The highest BCUT2D eigenvalue weighted by Gasteiger charge is 2.28. The minimum atomic E-state index is -0.276. The molecule has 1 aliphatic rings. The number of hydrogen-bond donors (Lipinski definition) is 0. The monoisotopic (exact) mass is 171 g/mol. The molecular weight excluding hydrogens is 158 g/mol. The van der Waals surface area contributed by atoms with Gasteiger partial charge in [0.25, 0.3) is 0 Å².